The van der Waals surface area contributed by atoms with Gasteiger partial charge in [0.15, 0.2) is 0 Å². The number of alkyl halides is 3. The van der Waals surface area contributed by atoms with Crippen molar-refractivity contribution in [2.75, 3.05) is 0 Å². The molecule has 0 bridgehead atoms. The number of carbonyl (C=O) groups is 1. The van der Waals surface area contributed by atoms with Gasteiger partial charge in [0.05, 0.1) is 16.5 Å². The maximum absolute atomic E-state index is 13.5. The highest BCUT2D eigenvalue weighted by Crippen LogP contribution is 2.31. The first-order chi connectivity index (χ1) is 8.30. The van der Waals surface area contributed by atoms with E-state index in [4.69, 9.17) is 5.11 Å². The molecular weight excluding hydrogens is 254 g/mol. The van der Waals surface area contributed by atoms with Crippen molar-refractivity contribution in [1.29, 1.82) is 0 Å². The van der Waals surface area contributed by atoms with Crippen molar-refractivity contribution in [3.8, 4) is 0 Å². The number of carboxylic acids is 1. The van der Waals surface area contributed by atoms with E-state index < -0.39 is 34.6 Å². The summed E-state index contributed by atoms with van der Waals surface area (Å²) in [4.78, 5) is 14.1. The number of aromatic nitrogens is 1. The first-order valence-corrected chi connectivity index (χ1v) is 4.70. The molecule has 0 unspecified atom stereocenters. The molecule has 0 aliphatic rings. The smallest absolute Gasteiger partial charge is 0.433 e. The summed E-state index contributed by atoms with van der Waals surface area (Å²) >= 11 is 0. The van der Waals surface area contributed by atoms with Crippen molar-refractivity contribution in [3.63, 3.8) is 0 Å². The zero-order chi connectivity index (χ0) is 13.5. The van der Waals surface area contributed by atoms with E-state index in [1.54, 1.807) is 0 Å². The SMILES string of the molecule is O=C(O)c1cc(C(F)(F)F)nc2cccc(F)c12. The molecule has 1 aromatic heterocycles. The van der Waals surface area contributed by atoms with Crippen LogP contribution in [0.3, 0.4) is 0 Å². The molecule has 0 aliphatic heterocycles. The van der Waals surface area contributed by atoms with Gasteiger partial charge < -0.3 is 5.11 Å². The standard InChI is InChI=1S/C11H5F4NO2/c12-6-2-1-3-7-9(6)5(10(17)18)4-8(16-7)11(13,14)15/h1-4H,(H,17,18). The number of hydrogen-bond donors (Lipinski definition) is 1. The fourth-order valence-corrected chi connectivity index (χ4v) is 1.56. The molecule has 1 heterocycles. The Bertz CT molecular complexity index is 637. The summed E-state index contributed by atoms with van der Waals surface area (Å²) in [5, 5.41) is 8.40. The third kappa shape index (κ3) is 1.99. The Morgan fingerprint density at radius 3 is 2.50 bits per heavy atom. The van der Waals surface area contributed by atoms with E-state index in [1.165, 1.54) is 0 Å². The van der Waals surface area contributed by atoms with Crippen molar-refractivity contribution in [1.82, 2.24) is 4.98 Å². The van der Waals surface area contributed by atoms with Gasteiger partial charge in [-0.25, -0.2) is 14.2 Å². The minimum atomic E-state index is -4.79. The van der Waals surface area contributed by atoms with Crippen LogP contribution in [0.25, 0.3) is 10.9 Å². The number of hydrogen-bond acceptors (Lipinski definition) is 2. The Morgan fingerprint density at radius 1 is 1.28 bits per heavy atom. The lowest BCUT2D eigenvalue weighted by Crippen LogP contribution is -2.11. The monoisotopic (exact) mass is 259 g/mol. The molecule has 0 fully saturated rings. The average molecular weight is 259 g/mol. The van der Waals surface area contributed by atoms with Crippen molar-refractivity contribution < 1.29 is 27.5 Å². The molecule has 2 aromatic rings. The molecule has 7 heteroatoms. The quantitative estimate of drug-likeness (QED) is 0.800. The van der Waals surface area contributed by atoms with Gasteiger partial charge in [-0.1, -0.05) is 6.07 Å². The van der Waals surface area contributed by atoms with Crippen LogP contribution in [0, 0.1) is 5.82 Å². The van der Waals surface area contributed by atoms with Gasteiger partial charge >= 0.3 is 12.1 Å². The zero-order valence-electron chi connectivity index (χ0n) is 8.62. The van der Waals surface area contributed by atoms with E-state index >= 15 is 0 Å². The minimum absolute atomic E-state index is 0.327. The van der Waals surface area contributed by atoms with Gasteiger partial charge in [-0.05, 0) is 18.2 Å². The van der Waals surface area contributed by atoms with Gasteiger partial charge in [0.1, 0.15) is 11.5 Å². The number of carboxylic acid groups (broad SMARTS) is 1. The second-order valence-corrected chi connectivity index (χ2v) is 3.49. The lowest BCUT2D eigenvalue weighted by Gasteiger charge is -2.09. The van der Waals surface area contributed by atoms with Gasteiger partial charge in [0.25, 0.3) is 0 Å². The van der Waals surface area contributed by atoms with Gasteiger partial charge in [-0.2, -0.15) is 13.2 Å². The van der Waals surface area contributed by atoms with Gasteiger partial charge in [-0.3, -0.25) is 0 Å². The van der Waals surface area contributed by atoms with E-state index in [9.17, 15) is 22.4 Å². The zero-order valence-corrected chi connectivity index (χ0v) is 8.62. The van der Waals surface area contributed by atoms with Crippen LogP contribution >= 0.6 is 0 Å². The minimum Gasteiger partial charge on any atom is -0.478 e. The number of aromatic carboxylic acids is 1. The van der Waals surface area contributed by atoms with Crippen LogP contribution in [0.2, 0.25) is 0 Å². The van der Waals surface area contributed by atoms with Crippen LogP contribution in [0.4, 0.5) is 17.6 Å². The van der Waals surface area contributed by atoms with Gasteiger partial charge in [0, 0.05) is 0 Å². The lowest BCUT2D eigenvalue weighted by molar-refractivity contribution is -0.141. The maximum atomic E-state index is 13.5. The van der Waals surface area contributed by atoms with Crippen LogP contribution in [0.5, 0.6) is 0 Å². The molecule has 0 radical (unpaired) electrons. The summed E-state index contributed by atoms with van der Waals surface area (Å²) in [6, 6.07) is 3.58. The van der Waals surface area contributed by atoms with Gasteiger partial charge in [-0.15, -0.1) is 0 Å². The predicted octanol–water partition coefficient (Wildman–Crippen LogP) is 3.09. The average Bonchev–Trinajstić information content (AvgIpc) is 2.26. The second-order valence-electron chi connectivity index (χ2n) is 3.49. The Kier molecular flexibility index (Phi) is 2.68. The largest absolute Gasteiger partial charge is 0.478 e. The van der Waals surface area contributed by atoms with Crippen LogP contribution in [0.15, 0.2) is 24.3 Å². The Hall–Kier alpha value is -2.18. The summed E-state index contributed by atoms with van der Waals surface area (Å²) in [5.74, 6) is -2.57. The fourth-order valence-electron chi connectivity index (χ4n) is 1.56. The number of pyridine rings is 1. The molecule has 0 amide bonds. The topological polar surface area (TPSA) is 50.2 Å². The third-order valence-corrected chi connectivity index (χ3v) is 2.30. The second kappa shape index (κ2) is 3.94. The summed E-state index contributed by atoms with van der Waals surface area (Å²) < 4.78 is 51.0. The molecular formula is C11H5F4NO2. The highest BCUT2D eigenvalue weighted by atomic mass is 19.4. The summed E-state index contributed by atoms with van der Waals surface area (Å²) in [5.41, 5.74) is -2.47. The fraction of sp³-hybridized carbons (Fsp3) is 0.0909. The van der Waals surface area contributed by atoms with Crippen LogP contribution in [-0.4, -0.2) is 16.1 Å². The van der Waals surface area contributed by atoms with Crippen molar-refractivity contribution in [2.24, 2.45) is 0 Å². The number of rotatable bonds is 1. The first kappa shape index (κ1) is 12.3. The van der Waals surface area contributed by atoms with Crippen molar-refractivity contribution >= 4 is 16.9 Å². The van der Waals surface area contributed by atoms with Crippen molar-refractivity contribution in [2.45, 2.75) is 6.18 Å². The van der Waals surface area contributed by atoms with Crippen LogP contribution in [0.1, 0.15) is 16.1 Å². The van der Waals surface area contributed by atoms with E-state index in [2.05, 4.69) is 4.98 Å². The molecule has 2 rings (SSSR count). The number of nitrogens with zero attached hydrogens (tertiary/aromatic N) is 1. The summed E-state index contributed by atoms with van der Waals surface area (Å²) in [7, 11) is 0. The third-order valence-electron chi connectivity index (χ3n) is 2.30. The molecule has 0 atom stereocenters. The lowest BCUT2D eigenvalue weighted by atomic mass is 10.1. The summed E-state index contributed by atoms with van der Waals surface area (Å²) in [6.07, 6.45) is -4.79. The molecule has 0 spiro atoms. The Labute approximate surface area is 97.7 Å². The van der Waals surface area contributed by atoms with E-state index in [-0.39, 0.29) is 5.52 Å². The Morgan fingerprint density at radius 2 is 1.94 bits per heavy atom. The molecule has 0 aliphatic carbocycles. The van der Waals surface area contributed by atoms with E-state index in [0.717, 1.165) is 18.2 Å². The first-order valence-electron chi connectivity index (χ1n) is 4.70. The van der Waals surface area contributed by atoms with Crippen LogP contribution < -0.4 is 0 Å². The molecule has 1 aromatic carbocycles. The normalized spacial score (nSPS) is 11.8. The molecule has 18 heavy (non-hydrogen) atoms. The number of fused-ring (bicyclic) bond motifs is 1. The number of halogens is 4. The van der Waals surface area contributed by atoms with E-state index in [0.29, 0.717) is 6.07 Å². The highest BCUT2D eigenvalue weighted by Gasteiger charge is 2.34. The highest BCUT2D eigenvalue weighted by molar-refractivity contribution is 6.02. The molecule has 0 saturated heterocycles. The molecule has 94 valence electrons. The molecule has 3 nitrogen and oxygen atoms in total. The molecule has 1 N–H and O–H groups in total. The van der Waals surface area contributed by atoms with Crippen molar-refractivity contribution in [3.05, 3.63) is 41.3 Å². The summed E-state index contributed by atoms with van der Waals surface area (Å²) in [6.45, 7) is 0. The van der Waals surface area contributed by atoms with Gasteiger partial charge in [0.2, 0.25) is 0 Å². The maximum Gasteiger partial charge on any atom is 0.433 e. The molecule has 0 saturated carbocycles. The van der Waals surface area contributed by atoms with E-state index in [1.807, 2.05) is 0 Å². The van der Waals surface area contributed by atoms with Crippen LogP contribution in [-0.2, 0) is 6.18 Å². The Balaban J connectivity index is 2.88. The predicted molar refractivity (Wildman–Crippen MR) is 53.7 cm³/mol. The number of benzene rings is 1.